The van der Waals surface area contributed by atoms with E-state index in [1.807, 2.05) is 60.7 Å². The highest BCUT2D eigenvalue weighted by atomic mass is 19.1. The molecule has 48 heavy (non-hydrogen) atoms. The van der Waals surface area contributed by atoms with E-state index >= 15 is 0 Å². The van der Waals surface area contributed by atoms with Gasteiger partial charge in [0.05, 0.1) is 18.7 Å². The van der Waals surface area contributed by atoms with Crippen molar-refractivity contribution in [1.82, 2.24) is 20.1 Å². The van der Waals surface area contributed by atoms with Crippen molar-refractivity contribution in [3.05, 3.63) is 137 Å². The van der Waals surface area contributed by atoms with E-state index in [2.05, 4.69) is 10.3 Å². The highest BCUT2D eigenvalue weighted by molar-refractivity contribution is 6.09. The fraction of sp³-hybridized carbons (Fsp3) is 0.162. The first kappa shape index (κ1) is 31.9. The van der Waals surface area contributed by atoms with E-state index in [4.69, 9.17) is 9.47 Å². The monoisotopic (exact) mass is 646 g/mol. The fourth-order valence-electron chi connectivity index (χ4n) is 5.69. The molecule has 0 radical (unpaired) electrons. The zero-order chi connectivity index (χ0) is 33.6. The van der Waals surface area contributed by atoms with Crippen LogP contribution in [0.3, 0.4) is 0 Å². The van der Waals surface area contributed by atoms with E-state index in [1.54, 1.807) is 42.3 Å². The number of halogens is 1. The number of fused-ring (bicyclic) bond motifs is 2. The number of urea groups is 1. The zero-order valence-electron chi connectivity index (χ0n) is 26.0. The Hall–Kier alpha value is -6.10. The number of rotatable bonds is 10. The summed E-state index contributed by atoms with van der Waals surface area (Å²) in [4.78, 5) is 58.3. The van der Waals surface area contributed by atoms with Gasteiger partial charge in [0.1, 0.15) is 29.5 Å². The van der Waals surface area contributed by atoms with Crippen molar-refractivity contribution in [2.45, 2.75) is 26.1 Å². The van der Waals surface area contributed by atoms with Crippen LogP contribution in [0.25, 0.3) is 10.9 Å². The Morgan fingerprint density at radius 3 is 2.25 bits per heavy atom. The Morgan fingerprint density at radius 2 is 1.62 bits per heavy atom. The predicted octanol–water partition coefficient (Wildman–Crippen LogP) is 6.43. The molecular weight excluding hydrogens is 615 g/mol. The first-order valence-electron chi connectivity index (χ1n) is 15.3. The first-order valence-corrected chi connectivity index (χ1v) is 15.3. The Balaban J connectivity index is 1.50. The molecule has 0 atom stereocenters. The van der Waals surface area contributed by atoms with Gasteiger partial charge >= 0.3 is 12.1 Å². The molecule has 2 heterocycles. The molecule has 6 rings (SSSR count). The van der Waals surface area contributed by atoms with Gasteiger partial charge in [-0.05, 0) is 47.9 Å². The summed E-state index contributed by atoms with van der Waals surface area (Å²) >= 11 is 0. The molecule has 4 aromatic carbocycles. The molecule has 1 aromatic heterocycles. The second-order valence-corrected chi connectivity index (χ2v) is 11.0. The number of amides is 4. The third-order valence-electron chi connectivity index (χ3n) is 7.96. The van der Waals surface area contributed by atoms with Crippen molar-refractivity contribution in [2.75, 3.05) is 13.1 Å². The summed E-state index contributed by atoms with van der Waals surface area (Å²) in [5.74, 6) is -0.536. The van der Waals surface area contributed by atoms with Crippen molar-refractivity contribution in [3.63, 3.8) is 0 Å². The molecule has 4 amide bonds. The smallest absolute Gasteiger partial charge is 0.423 e. The molecule has 5 aromatic rings. The maximum Gasteiger partial charge on any atom is 0.423 e. The molecule has 10 nitrogen and oxygen atoms in total. The number of ether oxygens (including phenoxy) is 2. The van der Waals surface area contributed by atoms with Gasteiger partial charge in [0, 0.05) is 30.2 Å². The lowest BCUT2D eigenvalue weighted by Crippen LogP contribution is -2.45. The van der Waals surface area contributed by atoms with Crippen LogP contribution in [0.4, 0.5) is 14.0 Å². The normalized spacial score (nSPS) is 12.1. The van der Waals surface area contributed by atoms with Gasteiger partial charge in [-0.15, -0.1) is 0 Å². The van der Waals surface area contributed by atoms with Crippen LogP contribution < -0.4 is 14.8 Å². The predicted molar refractivity (Wildman–Crippen MR) is 175 cm³/mol. The Morgan fingerprint density at radius 1 is 0.958 bits per heavy atom. The Kier molecular flexibility index (Phi) is 9.38. The molecule has 0 saturated heterocycles. The number of aldehydes is 1. The van der Waals surface area contributed by atoms with Crippen molar-refractivity contribution in [1.29, 1.82) is 0 Å². The third-order valence-corrected chi connectivity index (χ3v) is 7.96. The molecule has 0 aliphatic carbocycles. The van der Waals surface area contributed by atoms with Gasteiger partial charge in [-0.1, -0.05) is 72.8 Å². The topological polar surface area (TPSA) is 118 Å². The molecule has 1 aliphatic heterocycles. The number of nitrogens with one attached hydrogen (secondary N) is 1. The average Bonchev–Trinajstić information content (AvgIpc) is 3.44. The molecular formula is C37H31FN4O6. The lowest BCUT2D eigenvalue weighted by molar-refractivity contribution is -0.107. The van der Waals surface area contributed by atoms with Crippen LogP contribution in [0.15, 0.2) is 103 Å². The summed E-state index contributed by atoms with van der Waals surface area (Å²) in [5.41, 5.74) is 3.18. The van der Waals surface area contributed by atoms with Gasteiger partial charge in [0.15, 0.2) is 5.75 Å². The fourth-order valence-corrected chi connectivity index (χ4v) is 5.69. The van der Waals surface area contributed by atoms with Crippen LogP contribution in [0, 0.1) is 5.82 Å². The SMILES string of the molecule is CCN(C(=O)NCC=O)C(=O)Oc1c2c(c(OC(c3ccccc3)c3ccccc3)c3ncccc13)C(=O)N(Cc1ccc(F)cc1)C2. The molecule has 0 fully saturated rings. The van der Waals surface area contributed by atoms with Crippen LogP contribution in [0.2, 0.25) is 0 Å². The number of nitrogens with zero attached hydrogens (tertiary/aromatic N) is 3. The van der Waals surface area contributed by atoms with Crippen LogP contribution in [0.5, 0.6) is 11.5 Å². The number of pyridine rings is 1. The molecule has 0 spiro atoms. The van der Waals surface area contributed by atoms with E-state index in [9.17, 15) is 23.6 Å². The molecule has 0 unspecified atom stereocenters. The van der Waals surface area contributed by atoms with Gasteiger partial charge in [-0.25, -0.2) is 18.9 Å². The number of benzene rings is 4. The maximum absolute atomic E-state index is 14.3. The minimum Gasteiger partial charge on any atom is -0.478 e. The zero-order valence-corrected chi connectivity index (χ0v) is 26.0. The van der Waals surface area contributed by atoms with Crippen molar-refractivity contribution < 1.29 is 33.0 Å². The minimum atomic E-state index is -1.00. The molecule has 1 aliphatic rings. The average molecular weight is 647 g/mol. The molecule has 242 valence electrons. The molecule has 1 N–H and O–H groups in total. The molecule has 0 saturated carbocycles. The lowest BCUT2D eigenvalue weighted by Gasteiger charge is -2.24. The summed E-state index contributed by atoms with van der Waals surface area (Å²) < 4.78 is 26.5. The van der Waals surface area contributed by atoms with Gasteiger partial charge in [0.25, 0.3) is 5.91 Å². The summed E-state index contributed by atoms with van der Waals surface area (Å²) in [6.07, 6.45) is 0.416. The quantitative estimate of drug-likeness (QED) is 0.174. The van der Waals surface area contributed by atoms with Crippen LogP contribution >= 0.6 is 0 Å². The maximum atomic E-state index is 14.3. The van der Waals surface area contributed by atoms with Gasteiger partial charge in [-0.2, -0.15) is 0 Å². The highest BCUT2D eigenvalue weighted by Gasteiger charge is 2.39. The number of carbonyl (C=O) groups is 4. The van der Waals surface area contributed by atoms with Gasteiger partial charge in [0.2, 0.25) is 0 Å². The summed E-state index contributed by atoms with van der Waals surface area (Å²) in [7, 11) is 0. The lowest BCUT2D eigenvalue weighted by atomic mass is 9.99. The standard InChI is InChI=1S/C37H31FN4O6/c1-2-42(36(45)40-20-21-43)37(46)48-33-28-14-9-19-39-31(28)34(47-32(25-10-5-3-6-11-25)26-12-7-4-8-13-26)30-29(33)23-41(35(30)44)22-24-15-17-27(38)18-16-24/h3-19,21,32H,2,20,22-23H2,1H3,(H,40,45). The van der Waals surface area contributed by atoms with Crippen LogP contribution in [0.1, 0.15) is 45.6 Å². The second kappa shape index (κ2) is 14.1. The van der Waals surface area contributed by atoms with Crippen LogP contribution in [-0.4, -0.2) is 52.2 Å². The van der Waals surface area contributed by atoms with Crippen molar-refractivity contribution in [3.8, 4) is 11.5 Å². The van der Waals surface area contributed by atoms with E-state index in [1.165, 1.54) is 12.1 Å². The van der Waals surface area contributed by atoms with E-state index in [-0.39, 0.29) is 48.8 Å². The number of hydrogen-bond acceptors (Lipinski definition) is 7. The van der Waals surface area contributed by atoms with E-state index in [0.717, 1.165) is 16.0 Å². The number of carbonyl (C=O) groups excluding carboxylic acids is 4. The summed E-state index contributed by atoms with van der Waals surface area (Å²) in [6, 6.07) is 27.5. The number of hydrogen-bond donors (Lipinski definition) is 1. The highest BCUT2D eigenvalue weighted by Crippen LogP contribution is 2.46. The second-order valence-electron chi connectivity index (χ2n) is 11.0. The first-order chi connectivity index (χ1) is 23.4. The summed E-state index contributed by atoms with van der Waals surface area (Å²) in [6.45, 7) is 1.42. The number of aromatic nitrogens is 1. The largest absolute Gasteiger partial charge is 0.478 e. The van der Waals surface area contributed by atoms with Gasteiger partial charge in [-0.3, -0.25) is 9.78 Å². The van der Waals surface area contributed by atoms with Crippen molar-refractivity contribution >= 4 is 35.2 Å². The Labute approximate surface area is 275 Å². The number of imide groups is 1. The summed E-state index contributed by atoms with van der Waals surface area (Å²) in [5, 5.41) is 2.73. The van der Waals surface area contributed by atoms with Gasteiger partial charge < -0.3 is 24.5 Å². The van der Waals surface area contributed by atoms with Crippen LogP contribution in [-0.2, 0) is 17.9 Å². The molecule has 11 heteroatoms. The third kappa shape index (κ3) is 6.43. The molecule has 0 bridgehead atoms. The van der Waals surface area contributed by atoms with E-state index < -0.39 is 30.0 Å². The minimum absolute atomic E-state index is 0.0279. The van der Waals surface area contributed by atoms with Crippen molar-refractivity contribution in [2.24, 2.45) is 0 Å². The van der Waals surface area contributed by atoms with E-state index in [0.29, 0.717) is 22.8 Å². The Bertz CT molecular complexity index is 1930.